The van der Waals surface area contributed by atoms with Crippen LogP contribution in [0, 0.1) is 0 Å². The average Bonchev–Trinajstić information content (AvgIpc) is 2.04. The van der Waals surface area contributed by atoms with E-state index in [1.807, 2.05) is 6.92 Å². The maximum atomic E-state index is 11.4. The second-order valence-electron chi connectivity index (χ2n) is 3.33. The van der Waals surface area contributed by atoms with Crippen LogP contribution in [0.15, 0.2) is 12.2 Å². The maximum Gasteiger partial charge on any atom is 0.168 e. The molecule has 0 aliphatic rings. The van der Waals surface area contributed by atoms with Crippen molar-refractivity contribution in [2.45, 2.75) is 45.6 Å². The molecule has 0 saturated carbocycles. The molecule has 0 fully saturated rings. The predicted molar refractivity (Wildman–Crippen MR) is 50.0 cm³/mol. The minimum Gasteiger partial charge on any atom is -0.382 e. The molecule has 0 rings (SSSR count). The molecular weight excluding hydrogens is 152 g/mol. The van der Waals surface area contributed by atoms with Gasteiger partial charge < -0.3 is 5.11 Å². The van der Waals surface area contributed by atoms with Gasteiger partial charge in [-0.25, -0.2) is 0 Å². The van der Waals surface area contributed by atoms with E-state index in [9.17, 15) is 9.90 Å². The Balaban J connectivity index is 4.13. The van der Waals surface area contributed by atoms with Crippen molar-refractivity contribution in [2.75, 3.05) is 0 Å². The molecule has 0 radical (unpaired) electrons. The number of allylic oxidation sites excluding steroid dienone is 1. The summed E-state index contributed by atoms with van der Waals surface area (Å²) in [6, 6.07) is 0. The minimum atomic E-state index is -1.17. The predicted octanol–water partition coefficient (Wildman–Crippen LogP) is 2.07. The smallest absolute Gasteiger partial charge is 0.168 e. The van der Waals surface area contributed by atoms with Gasteiger partial charge in [-0.15, -0.1) is 0 Å². The van der Waals surface area contributed by atoms with E-state index in [0.29, 0.717) is 12.8 Å². The molecular formula is C10H18O2. The summed E-state index contributed by atoms with van der Waals surface area (Å²) in [6.45, 7) is 9.04. The Morgan fingerprint density at radius 1 is 1.50 bits per heavy atom. The lowest BCUT2D eigenvalue weighted by atomic mass is 9.93. The van der Waals surface area contributed by atoms with Gasteiger partial charge in [-0.3, -0.25) is 4.79 Å². The van der Waals surface area contributed by atoms with Gasteiger partial charge in [-0.1, -0.05) is 26.0 Å². The maximum absolute atomic E-state index is 11.4. The summed E-state index contributed by atoms with van der Waals surface area (Å²) in [4.78, 5) is 11.4. The lowest BCUT2D eigenvalue weighted by molar-refractivity contribution is -0.135. The molecule has 12 heavy (non-hydrogen) atoms. The van der Waals surface area contributed by atoms with E-state index in [4.69, 9.17) is 0 Å². The number of ketones is 1. The number of hydrogen-bond donors (Lipinski definition) is 1. The highest BCUT2D eigenvalue weighted by molar-refractivity contribution is 5.88. The normalized spacial score (nSPS) is 15.3. The number of Topliss-reactive ketones (excluding diaryl/α,β-unsaturated/α-hetero) is 1. The van der Waals surface area contributed by atoms with E-state index in [1.54, 1.807) is 13.8 Å². The van der Waals surface area contributed by atoms with Crippen LogP contribution < -0.4 is 0 Å². The summed E-state index contributed by atoms with van der Waals surface area (Å²) in [5, 5.41) is 9.55. The molecule has 0 aliphatic carbocycles. The van der Waals surface area contributed by atoms with Gasteiger partial charge >= 0.3 is 0 Å². The van der Waals surface area contributed by atoms with Crippen molar-refractivity contribution in [3.05, 3.63) is 12.2 Å². The zero-order valence-electron chi connectivity index (χ0n) is 8.18. The van der Waals surface area contributed by atoms with Gasteiger partial charge in [0.05, 0.1) is 0 Å². The van der Waals surface area contributed by atoms with E-state index >= 15 is 0 Å². The van der Waals surface area contributed by atoms with Gasteiger partial charge in [0.15, 0.2) is 5.78 Å². The van der Waals surface area contributed by atoms with E-state index in [0.717, 1.165) is 12.0 Å². The minimum absolute atomic E-state index is 0.128. The van der Waals surface area contributed by atoms with E-state index in [1.165, 1.54) is 0 Å². The Morgan fingerprint density at radius 3 is 2.33 bits per heavy atom. The molecule has 0 aromatic rings. The van der Waals surface area contributed by atoms with Gasteiger partial charge in [0.2, 0.25) is 0 Å². The van der Waals surface area contributed by atoms with Gasteiger partial charge in [-0.05, 0) is 19.8 Å². The van der Waals surface area contributed by atoms with Crippen LogP contribution >= 0.6 is 0 Å². The molecule has 0 aliphatic heterocycles. The van der Waals surface area contributed by atoms with Crippen LogP contribution in [-0.4, -0.2) is 16.5 Å². The SMILES string of the molecule is C=C(CC)CC(=O)C(C)(O)CC. The fourth-order valence-electron chi connectivity index (χ4n) is 0.740. The molecule has 0 aromatic carbocycles. The third kappa shape index (κ3) is 3.18. The van der Waals surface area contributed by atoms with Crippen molar-refractivity contribution in [3.63, 3.8) is 0 Å². The molecule has 0 heterocycles. The van der Waals surface area contributed by atoms with Crippen LogP contribution in [-0.2, 0) is 4.79 Å². The molecule has 2 nitrogen and oxygen atoms in total. The zero-order chi connectivity index (χ0) is 9.78. The highest BCUT2D eigenvalue weighted by atomic mass is 16.3. The van der Waals surface area contributed by atoms with E-state index in [2.05, 4.69) is 6.58 Å². The zero-order valence-corrected chi connectivity index (χ0v) is 8.18. The third-order valence-electron chi connectivity index (χ3n) is 2.20. The van der Waals surface area contributed by atoms with Crippen molar-refractivity contribution < 1.29 is 9.90 Å². The largest absolute Gasteiger partial charge is 0.382 e. The Bertz CT molecular complexity index is 180. The van der Waals surface area contributed by atoms with E-state index < -0.39 is 5.60 Å². The second-order valence-corrected chi connectivity index (χ2v) is 3.33. The van der Waals surface area contributed by atoms with Gasteiger partial charge in [-0.2, -0.15) is 0 Å². The molecule has 1 N–H and O–H groups in total. The lowest BCUT2D eigenvalue weighted by Crippen LogP contribution is -2.34. The van der Waals surface area contributed by atoms with Crippen LogP contribution in [0.3, 0.4) is 0 Å². The summed E-state index contributed by atoms with van der Waals surface area (Å²) in [5.41, 5.74) is -0.285. The van der Waals surface area contributed by atoms with Gasteiger partial charge in [0, 0.05) is 6.42 Å². The Morgan fingerprint density at radius 2 is 2.00 bits per heavy atom. The second kappa shape index (κ2) is 4.41. The summed E-state index contributed by atoms with van der Waals surface area (Å²) in [5.74, 6) is -0.128. The van der Waals surface area contributed by atoms with Crippen molar-refractivity contribution in [2.24, 2.45) is 0 Å². The molecule has 1 atom stereocenters. The molecule has 0 spiro atoms. The third-order valence-corrected chi connectivity index (χ3v) is 2.20. The van der Waals surface area contributed by atoms with E-state index in [-0.39, 0.29) is 5.78 Å². The first-order valence-electron chi connectivity index (χ1n) is 4.36. The van der Waals surface area contributed by atoms with Crippen LogP contribution in [0.1, 0.15) is 40.0 Å². The van der Waals surface area contributed by atoms with Crippen molar-refractivity contribution >= 4 is 5.78 Å². The topological polar surface area (TPSA) is 37.3 Å². The van der Waals surface area contributed by atoms with Crippen molar-refractivity contribution in [3.8, 4) is 0 Å². The Labute approximate surface area is 74.3 Å². The average molecular weight is 170 g/mol. The Kier molecular flexibility index (Phi) is 4.18. The monoisotopic (exact) mass is 170 g/mol. The number of carbonyl (C=O) groups is 1. The first kappa shape index (κ1) is 11.4. The molecule has 0 saturated heterocycles. The molecule has 1 unspecified atom stereocenters. The van der Waals surface area contributed by atoms with Crippen LogP contribution in [0.2, 0.25) is 0 Å². The van der Waals surface area contributed by atoms with Crippen molar-refractivity contribution in [1.29, 1.82) is 0 Å². The first-order chi connectivity index (χ1) is 5.44. The van der Waals surface area contributed by atoms with Crippen LogP contribution in [0.4, 0.5) is 0 Å². The summed E-state index contributed by atoms with van der Waals surface area (Å²) < 4.78 is 0. The van der Waals surface area contributed by atoms with Crippen LogP contribution in [0.5, 0.6) is 0 Å². The molecule has 0 aromatic heterocycles. The number of hydrogen-bond acceptors (Lipinski definition) is 2. The molecule has 0 bridgehead atoms. The summed E-state index contributed by atoms with van der Waals surface area (Å²) >= 11 is 0. The highest BCUT2D eigenvalue weighted by Crippen LogP contribution is 2.16. The fraction of sp³-hybridized carbons (Fsp3) is 0.700. The quantitative estimate of drug-likeness (QED) is 0.641. The number of rotatable bonds is 5. The van der Waals surface area contributed by atoms with Gasteiger partial charge in [0.25, 0.3) is 0 Å². The van der Waals surface area contributed by atoms with Crippen molar-refractivity contribution in [1.82, 2.24) is 0 Å². The summed E-state index contributed by atoms with van der Waals surface area (Å²) in [6.07, 6.45) is 1.56. The lowest BCUT2D eigenvalue weighted by Gasteiger charge is -2.19. The Hall–Kier alpha value is -0.630. The standard InChI is InChI=1S/C10H18O2/c1-5-8(3)7-9(11)10(4,12)6-2/h12H,3,5-7H2,1-2,4H3. The van der Waals surface area contributed by atoms with Crippen LogP contribution in [0.25, 0.3) is 0 Å². The molecule has 2 heteroatoms. The fourth-order valence-corrected chi connectivity index (χ4v) is 0.740. The molecule has 0 amide bonds. The number of carbonyl (C=O) groups excluding carboxylic acids is 1. The van der Waals surface area contributed by atoms with Gasteiger partial charge in [0.1, 0.15) is 5.60 Å². The highest BCUT2D eigenvalue weighted by Gasteiger charge is 2.27. The molecule has 70 valence electrons. The first-order valence-corrected chi connectivity index (χ1v) is 4.36. The number of aliphatic hydroxyl groups is 1. The summed E-state index contributed by atoms with van der Waals surface area (Å²) in [7, 11) is 0.